The van der Waals surface area contributed by atoms with E-state index in [1.807, 2.05) is 51.1 Å². The molecular weight excluding hydrogens is 362 g/mol. The van der Waals surface area contributed by atoms with E-state index in [2.05, 4.69) is 34.1 Å². The van der Waals surface area contributed by atoms with E-state index < -0.39 is 0 Å². The Bertz CT molecular complexity index is 901. The lowest BCUT2D eigenvalue weighted by Crippen LogP contribution is -2.13. The van der Waals surface area contributed by atoms with E-state index in [1.165, 1.54) is 0 Å². The van der Waals surface area contributed by atoms with Crippen molar-refractivity contribution in [2.24, 2.45) is 5.92 Å². The molecule has 3 rings (SSSR count). The van der Waals surface area contributed by atoms with Crippen molar-refractivity contribution in [1.29, 1.82) is 0 Å². The highest BCUT2D eigenvalue weighted by Gasteiger charge is 2.18. The van der Waals surface area contributed by atoms with Crippen molar-refractivity contribution in [3.05, 3.63) is 64.3 Å². The van der Waals surface area contributed by atoms with Crippen molar-refractivity contribution >= 4 is 32.6 Å². The van der Waals surface area contributed by atoms with Gasteiger partial charge in [-0.3, -0.25) is 9.78 Å². The lowest BCUT2D eigenvalue weighted by Gasteiger charge is -2.16. The van der Waals surface area contributed by atoms with E-state index in [-0.39, 0.29) is 11.7 Å². The van der Waals surface area contributed by atoms with Crippen LogP contribution in [0.4, 0.5) is 0 Å². The molecule has 0 aliphatic heterocycles. The first-order valence-electron chi connectivity index (χ1n) is 8.14. The Morgan fingerprint density at radius 2 is 1.83 bits per heavy atom. The number of aryl methyl sites for hydroxylation is 1. The molecular formula is C21H20BrNO. The van der Waals surface area contributed by atoms with Crippen molar-refractivity contribution in [2.75, 3.05) is 0 Å². The van der Waals surface area contributed by atoms with Gasteiger partial charge in [0, 0.05) is 27.9 Å². The second-order valence-corrected chi connectivity index (χ2v) is 7.29. The number of nitrogens with zero attached hydrogens (tertiary/aromatic N) is 1. The first kappa shape index (κ1) is 16.8. The summed E-state index contributed by atoms with van der Waals surface area (Å²) < 4.78 is 1.01. The van der Waals surface area contributed by atoms with Crippen LogP contribution in [0.25, 0.3) is 22.0 Å². The van der Waals surface area contributed by atoms with Crippen LogP contribution in [0, 0.1) is 12.8 Å². The minimum Gasteiger partial charge on any atom is -0.299 e. The van der Waals surface area contributed by atoms with Crippen LogP contribution >= 0.6 is 15.9 Å². The summed E-state index contributed by atoms with van der Waals surface area (Å²) in [6, 6.07) is 16.4. The number of fused-ring (bicyclic) bond motifs is 1. The van der Waals surface area contributed by atoms with E-state index in [1.54, 1.807) is 0 Å². The molecule has 1 aromatic heterocycles. The van der Waals surface area contributed by atoms with Gasteiger partial charge in [0.25, 0.3) is 0 Å². The molecule has 0 fully saturated rings. The fourth-order valence-corrected chi connectivity index (χ4v) is 3.29. The largest absolute Gasteiger partial charge is 0.299 e. The van der Waals surface area contributed by atoms with Crippen LogP contribution in [0.3, 0.4) is 0 Å². The topological polar surface area (TPSA) is 30.0 Å². The van der Waals surface area contributed by atoms with Gasteiger partial charge in [0.15, 0.2) is 0 Å². The average Bonchev–Trinajstić information content (AvgIpc) is 2.56. The van der Waals surface area contributed by atoms with E-state index in [0.29, 0.717) is 6.42 Å². The van der Waals surface area contributed by atoms with Crippen LogP contribution in [0.1, 0.15) is 25.1 Å². The molecule has 1 heterocycles. The summed E-state index contributed by atoms with van der Waals surface area (Å²) in [4.78, 5) is 17.2. The molecule has 0 saturated carbocycles. The van der Waals surface area contributed by atoms with Crippen LogP contribution in [-0.2, 0) is 11.2 Å². The third kappa shape index (κ3) is 3.27. The summed E-state index contributed by atoms with van der Waals surface area (Å²) >= 11 is 3.56. The summed E-state index contributed by atoms with van der Waals surface area (Å²) in [5, 5.41) is 1.08. The van der Waals surface area contributed by atoms with Crippen molar-refractivity contribution in [2.45, 2.75) is 27.2 Å². The Balaban J connectivity index is 2.33. The Morgan fingerprint density at radius 1 is 1.12 bits per heavy atom. The molecule has 0 atom stereocenters. The predicted molar refractivity (Wildman–Crippen MR) is 103 cm³/mol. The van der Waals surface area contributed by atoms with Crippen molar-refractivity contribution in [1.82, 2.24) is 4.98 Å². The van der Waals surface area contributed by atoms with Gasteiger partial charge in [-0.15, -0.1) is 0 Å². The predicted octanol–water partition coefficient (Wildman–Crippen LogP) is 5.74. The number of carbonyl (C=O) groups excluding carboxylic acids is 1. The molecule has 0 aliphatic carbocycles. The molecule has 0 N–H and O–H groups in total. The zero-order valence-corrected chi connectivity index (χ0v) is 15.7. The summed E-state index contributed by atoms with van der Waals surface area (Å²) in [5.41, 5.74) is 5.16. The molecule has 2 aromatic carbocycles. The summed E-state index contributed by atoms with van der Waals surface area (Å²) in [7, 11) is 0. The number of rotatable bonds is 4. The van der Waals surface area contributed by atoms with E-state index >= 15 is 0 Å². The minimum absolute atomic E-state index is 0.0197. The number of carbonyl (C=O) groups is 1. The Kier molecular flexibility index (Phi) is 4.81. The van der Waals surface area contributed by atoms with Crippen LogP contribution in [-0.4, -0.2) is 10.8 Å². The Hall–Kier alpha value is -2.00. The molecule has 0 saturated heterocycles. The monoisotopic (exact) mass is 381 g/mol. The second-order valence-electron chi connectivity index (χ2n) is 6.38. The van der Waals surface area contributed by atoms with Gasteiger partial charge in [0.1, 0.15) is 5.78 Å². The summed E-state index contributed by atoms with van der Waals surface area (Å²) in [5.74, 6) is 0.262. The van der Waals surface area contributed by atoms with Gasteiger partial charge in [-0.25, -0.2) is 0 Å². The van der Waals surface area contributed by atoms with Crippen molar-refractivity contribution in [3.63, 3.8) is 0 Å². The lowest BCUT2D eigenvalue weighted by molar-refractivity contribution is -0.121. The normalized spacial score (nSPS) is 11.2. The highest BCUT2D eigenvalue weighted by Crippen LogP contribution is 2.35. The highest BCUT2D eigenvalue weighted by molar-refractivity contribution is 9.10. The molecule has 3 aromatic rings. The second kappa shape index (κ2) is 6.86. The van der Waals surface area contributed by atoms with Crippen LogP contribution < -0.4 is 0 Å². The molecule has 0 amide bonds. The maximum absolute atomic E-state index is 12.4. The average molecular weight is 382 g/mol. The number of Topliss-reactive ketones (excluding diaryl/α,β-unsaturated/α-hetero) is 1. The summed E-state index contributed by atoms with van der Waals surface area (Å²) in [6.45, 7) is 5.90. The van der Waals surface area contributed by atoms with Crippen LogP contribution in [0.2, 0.25) is 0 Å². The Labute approximate surface area is 151 Å². The standard InChI is InChI=1S/C21H20BrNO/c1-13(2)20(24)12-17-14(3)23-19-10-9-16(22)11-18(19)21(17)15-7-5-4-6-8-15/h4-11,13H,12H2,1-3H3. The van der Waals surface area contributed by atoms with Gasteiger partial charge in [-0.05, 0) is 41.8 Å². The number of ketones is 1. The van der Waals surface area contributed by atoms with Gasteiger partial charge in [-0.1, -0.05) is 60.1 Å². The van der Waals surface area contributed by atoms with Gasteiger partial charge >= 0.3 is 0 Å². The molecule has 0 bridgehead atoms. The highest BCUT2D eigenvalue weighted by atomic mass is 79.9. The Morgan fingerprint density at radius 3 is 2.50 bits per heavy atom. The smallest absolute Gasteiger partial charge is 0.139 e. The lowest BCUT2D eigenvalue weighted by atomic mass is 9.90. The molecule has 0 unspecified atom stereocenters. The third-order valence-electron chi connectivity index (χ3n) is 4.31. The van der Waals surface area contributed by atoms with Crippen LogP contribution in [0.5, 0.6) is 0 Å². The molecule has 0 spiro atoms. The zero-order valence-electron chi connectivity index (χ0n) is 14.1. The fourth-order valence-electron chi connectivity index (χ4n) is 2.93. The van der Waals surface area contributed by atoms with Gasteiger partial charge in [-0.2, -0.15) is 0 Å². The summed E-state index contributed by atoms with van der Waals surface area (Å²) in [6.07, 6.45) is 0.420. The molecule has 0 radical (unpaired) electrons. The van der Waals surface area contributed by atoms with Crippen molar-refractivity contribution in [3.8, 4) is 11.1 Å². The SMILES string of the molecule is Cc1nc2ccc(Br)cc2c(-c2ccccc2)c1CC(=O)C(C)C. The molecule has 3 heteroatoms. The number of benzene rings is 2. The quantitative estimate of drug-likeness (QED) is 0.576. The molecule has 0 aliphatic rings. The third-order valence-corrected chi connectivity index (χ3v) is 4.81. The van der Waals surface area contributed by atoms with Gasteiger partial charge in [0.05, 0.1) is 5.52 Å². The minimum atomic E-state index is 0.0197. The molecule has 2 nitrogen and oxygen atoms in total. The van der Waals surface area contributed by atoms with E-state index in [4.69, 9.17) is 4.98 Å². The number of hydrogen-bond donors (Lipinski definition) is 0. The first-order valence-corrected chi connectivity index (χ1v) is 8.93. The van der Waals surface area contributed by atoms with E-state index in [9.17, 15) is 4.79 Å². The number of hydrogen-bond acceptors (Lipinski definition) is 2. The van der Waals surface area contributed by atoms with Crippen LogP contribution in [0.15, 0.2) is 53.0 Å². The van der Waals surface area contributed by atoms with Gasteiger partial charge in [0.2, 0.25) is 0 Å². The van der Waals surface area contributed by atoms with Gasteiger partial charge < -0.3 is 0 Å². The zero-order chi connectivity index (χ0) is 17.3. The first-order chi connectivity index (χ1) is 11.5. The molecule has 122 valence electrons. The maximum atomic E-state index is 12.4. The number of halogens is 1. The van der Waals surface area contributed by atoms with Crippen molar-refractivity contribution < 1.29 is 4.79 Å². The number of pyridine rings is 1. The number of aromatic nitrogens is 1. The van der Waals surface area contributed by atoms with E-state index in [0.717, 1.165) is 37.8 Å². The molecule has 24 heavy (non-hydrogen) atoms. The fraction of sp³-hybridized carbons (Fsp3) is 0.238. The maximum Gasteiger partial charge on any atom is 0.139 e.